The fourth-order valence-corrected chi connectivity index (χ4v) is 3.92. The Morgan fingerprint density at radius 2 is 1.77 bits per heavy atom. The molecule has 2 aliphatic heterocycles. The maximum atomic E-state index is 13.1. The van der Waals surface area contributed by atoms with Crippen LogP contribution in [0.1, 0.15) is 30.8 Å². The molecule has 1 aromatic carbocycles. The van der Waals surface area contributed by atoms with Gasteiger partial charge in [0.25, 0.3) is 5.91 Å². The molecule has 0 saturated carbocycles. The minimum atomic E-state index is -0.691. The second kappa shape index (κ2) is 7.98. The van der Waals surface area contributed by atoms with E-state index >= 15 is 0 Å². The van der Waals surface area contributed by atoms with E-state index in [4.69, 9.17) is 14.8 Å². The summed E-state index contributed by atoms with van der Waals surface area (Å²) in [5.74, 6) is 1.44. The Hall–Kier alpha value is -3.49. The first kappa shape index (κ1) is 20.8. The first-order valence-electron chi connectivity index (χ1n) is 10.4. The summed E-state index contributed by atoms with van der Waals surface area (Å²) in [7, 11) is 4.77. The molecule has 3 amide bonds. The number of urea groups is 1. The molecule has 0 spiro atoms. The molecule has 2 aromatic rings. The van der Waals surface area contributed by atoms with Crippen LogP contribution in [0.3, 0.4) is 0 Å². The summed E-state index contributed by atoms with van der Waals surface area (Å²) in [6.45, 7) is 4.55. The fourth-order valence-electron chi connectivity index (χ4n) is 3.92. The van der Waals surface area contributed by atoms with Gasteiger partial charge in [-0.25, -0.2) is 9.37 Å². The van der Waals surface area contributed by atoms with E-state index in [1.807, 2.05) is 28.8 Å². The van der Waals surface area contributed by atoms with Gasteiger partial charge in [0.15, 0.2) is 0 Å². The number of carbonyl (C=O) groups excluding carboxylic acids is 2. The highest BCUT2D eigenvalue weighted by Crippen LogP contribution is 2.23. The first-order valence-corrected chi connectivity index (χ1v) is 10.4. The molecule has 1 aromatic heterocycles. The fraction of sp³-hybridized carbons (Fsp3) is 0.409. The Kier molecular flexibility index (Phi) is 5.34. The van der Waals surface area contributed by atoms with Crippen molar-refractivity contribution in [3.63, 3.8) is 0 Å². The highest BCUT2D eigenvalue weighted by molar-refractivity contribution is 6.22. The molecule has 0 aliphatic carbocycles. The Balaban J connectivity index is 1.86. The third kappa shape index (κ3) is 3.39. The lowest BCUT2D eigenvalue weighted by Gasteiger charge is -2.31. The lowest BCUT2D eigenvalue weighted by atomic mass is 10.1. The zero-order valence-corrected chi connectivity index (χ0v) is 18.5. The van der Waals surface area contributed by atoms with E-state index in [-0.39, 0.29) is 5.91 Å². The van der Waals surface area contributed by atoms with Gasteiger partial charge in [0.2, 0.25) is 11.9 Å². The molecule has 1 unspecified atom stereocenters. The molecule has 2 aliphatic rings. The molecule has 31 heavy (non-hydrogen) atoms. The zero-order chi connectivity index (χ0) is 22.3. The highest BCUT2D eigenvalue weighted by atomic mass is 16.5. The number of amidine groups is 1. The number of ether oxygens (including phenoxy) is 1. The number of benzene rings is 1. The van der Waals surface area contributed by atoms with E-state index in [0.29, 0.717) is 18.3 Å². The van der Waals surface area contributed by atoms with E-state index in [2.05, 4.69) is 19.9 Å². The summed E-state index contributed by atoms with van der Waals surface area (Å²) in [6.07, 6.45) is 1.57. The summed E-state index contributed by atoms with van der Waals surface area (Å²) < 4.78 is 8.98. The number of aryl methyl sites for hydroxylation is 2. The van der Waals surface area contributed by atoms with Gasteiger partial charge in [-0.3, -0.25) is 14.6 Å². The molecule has 1 atom stereocenters. The quantitative estimate of drug-likeness (QED) is 0.686. The van der Waals surface area contributed by atoms with Crippen molar-refractivity contribution in [3.8, 4) is 5.75 Å². The van der Waals surface area contributed by atoms with Crippen molar-refractivity contribution >= 4 is 23.7 Å². The van der Waals surface area contributed by atoms with Gasteiger partial charge >= 0.3 is 12.0 Å². The van der Waals surface area contributed by atoms with Gasteiger partial charge in [0.1, 0.15) is 11.4 Å². The molecule has 1 saturated heterocycles. The predicted molar refractivity (Wildman–Crippen MR) is 115 cm³/mol. The molecule has 0 bridgehead atoms. The largest absolute Gasteiger partial charge is 0.497 e. The second-order valence-corrected chi connectivity index (χ2v) is 7.63. The molecule has 0 N–H and O–H groups in total. The molecule has 4 rings (SSSR count). The number of hydrogen-bond donors (Lipinski definition) is 0. The Bertz CT molecular complexity index is 1100. The minimum Gasteiger partial charge on any atom is -0.497 e. The van der Waals surface area contributed by atoms with Crippen LogP contribution in [0.5, 0.6) is 5.75 Å². The maximum Gasteiger partial charge on any atom is 0.421 e. The summed E-state index contributed by atoms with van der Waals surface area (Å²) in [5, 5.41) is 4.73. The molecule has 0 radical (unpaired) electrons. The average Bonchev–Trinajstić information content (AvgIpc) is 3.38. The molecule has 162 valence electrons. The summed E-state index contributed by atoms with van der Waals surface area (Å²) in [5.41, 5.74) is 2.95. The lowest BCUT2D eigenvalue weighted by Crippen LogP contribution is -2.61. The van der Waals surface area contributed by atoms with Gasteiger partial charge in [-0.15, -0.1) is 9.78 Å². The van der Waals surface area contributed by atoms with Crippen LogP contribution in [0.4, 0.5) is 4.79 Å². The number of aliphatic imine (C=N–C) groups is 1. The molecule has 1 fully saturated rings. The van der Waals surface area contributed by atoms with Gasteiger partial charge in [-0.2, -0.15) is 0 Å². The summed E-state index contributed by atoms with van der Waals surface area (Å²) in [6, 6.07) is 8.67. The molecule has 3 heterocycles. The standard InChI is InChI=1S/C22H27N6O3/c1-6-15-12-16(7-2)28(24-15)21-23-19-18(20(29)26(4)22(30)25(19)3)27(21)13-14-8-10-17(31-5)11-9-14/h8-12,18H,6-7,13H2,1-5H3/q+1. The third-order valence-corrected chi connectivity index (χ3v) is 5.77. The van der Waals surface area contributed by atoms with Gasteiger partial charge < -0.3 is 4.74 Å². The van der Waals surface area contributed by atoms with E-state index in [1.54, 1.807) is 18.8 Å². The Labute approximate surface area is 181 Å². The third-order valence-electron chi connectivity index (χ3n) is 5.77. The number of imide groups is 1. The zero-order valence-electron chi connectivity index (χ0n) is 18.5. The van der Waals surface area contributed by atoms with E-state index in [0.717, 1.165) is 40.4 Å². The van der Waals surface area contributed by atoms with Crippen LogP contribution in [0.2, 0.25) is 0 Å². The lowest BCUT2D eigenvalue weighted by molar-refractivity contribution is -0.553. The van der Waals surface area contributed by atoms with Gasteiger partial charge in [0.05, 0.1) is 19.3 Å². The number of amides is 3. The number of rotatable bonds is 5. The highest BCUT2D eigenvalue weighted by Gasteiger charge is 2.52. The van der Waals surface area contributed by atoms with Crippen LogP contribution < -0.4 is 4.74 Å². The maximum absolute atomic E-state index is 13.1. The minimum absolute atomic E-state index is 0.300. The number of hydrogen-bond acceptors (Lipinski definition) is 5. The van der Waals surface area contributed by atoms with Gasteiger partial charge in [0, 0.05) is 20.5 Å². The van der Waals surface area contributed by atoms with Crippen LogP contribution in [-0.4, -0.2) is 75.1 Å². The van der Waals surface area contributed by atoms with Crippen molar-refractivity contribution < 1.29 is 18.9 Å². The normalized spacial score (nSPS) is 18.6. The van der Waals surface area contributed by atoms with Gasteiger partial charge in [-0.1, -0.05) is 31.0 Å². The van der Waals surface area contributed by atoms with Crippen molar-refractivity contribution in [1.29, 1.82) is 0 Å². The summed E-state index contributed by atoms with van der Waals surface area (Å²) in [4.78, 5) is 33.0. The van der Waals surface area contributed by atoms with E-state index in [1.165, 1.54) is 11.9 Å². The number of nitrogens with zero attached hydrogens (tertiary/aromatic N) is 6. The smallest absolute Gasteiger partial charge is 0.421 e. The first-order chi connectivity index (χ1) is 14.9. The Morgan fingerprint density at radius 1 is 1.06 bits per heavy atom. The van der Waals surface area contributed by atoms with Crippen LogP contribution in [0, 0.1) is 0 Å². The predicted octanol–water partition coefficient (Wildman–Crippen LogP) is 1.74. The number of methoxy groups -OCH3 is 1. The van der Waals surface area contributed by atoms with E-state index < -0.39 is 12.1 Å². The van der Waals surface area contributed by atoms with Crippen molar-refractivity contribution in [3.05, 3.63) is 47.3 Å². The second-order valence-electron chi connectivity index (χ2n) is 7.63. The van der Waals surface area contributed by atoms with Crippen molar-refractivity contribution in [2.24, 2.45) is 4.99 Å². The monoisotopic (exact) mass is 423 g/mol. The molecule has 9 heteroatoms. The van der Waals surface area contributed by atoms with Crippen LogP contribution in [0.15, 0.2) is 35.3 Å². The van der Waals surface area contributed by atoms with Crippen molar-refractivity contribution in [1.82, 2.24) is 19.6 Å². The molecular formula is C22H27N6O3+. The topological polar surface area (TPSA) is 83.0 Å². The Morgan fingerprint density at radius 3 is 2.39 bits per heavy atom. The van der Waals surface area contributed by atoms with Crippen molar-refractivity contribution in [2.45, 2.75) is 39.3 Å². The molecular weight excluding hydrogens is 396 g/mol. The summed E-state index contributed by atoms with van der Waals surface area (Å²) >= 11 is 0. The van der Waals surface area contributed by atoms with Gasteiger partial charge in [-0.05, 0) is 30.2 Å². The average molecular weight is 423 g/mol. The number of likely N-dealkylation sites (N-methyl/N-ethyl adjacent to an activating group) is 2. The number of aromatic nitrogens is 2. The van der Waals surface area contributed by atoms with Crippen LogP contribution in [0.25, 0.3) is 0 Å². The molecule has 9 nitrogen and oxygen atoms in total. The number of fused-ring (bicyclic) bond motifs is 1. The van der Waals surface area contributed by atoms with E-state index in [9.17, 15) is 9.59 Å². The van der Waals surface area contributed by atoms with Crippen molar-refractivity contribution in [2.75, 3.05) is 21.2 Å². The SMILES string of the molecule is CCc1cc(CC)n(C2=[N+](Cc3ccc(OC)cc3)C3C(=O)N(C)C(=O)N(C)C3=N2)n1. The van der Waals surface area contributed by atoms with Crippen LogP contribution in [-0.2, 0) is 24.2 Å². The number of carbonyl (C=O) groups is 2. The van der Waals surface area contributed by atoms with Crippen LogP contribution >= 0.6 is 0 Å².